The highest BCUT2D eigenvalue weighted by Crippen LogP contribution is 2.15. The van der Waals surface area contributed by atoms with E-state index in [0.717, 1.165) is 5.56 Å². The molecule has 0 radical (unpaired) electrons. The van der Waals surface area contributed by atoms with E-state index < -0.39 is 12.1 Å². The summed E-state index contributed by atoms with van der Waals surface area (Å²) in [5.74, 6) is 0.112. The number of nitrogens with one attached hydrogen (secondary N) is 1. The average Bonchev–Trinajstić information content (AvgIpc) is 2.37. The Morgan fingerprint density at radius 1 is 1.20 bits per heavy atom. The summed E-state index contributed by atoms with van der Waals surface area (Å²) in [5, 5.41) is 2.09. The van der Waals surface area contributed by atoms with E-state index in [2.05, 4.69) is 43.4 Å². The van der Waals surface area contributed by atoms with Crippen molar-refractivity contribution in [2.75, 3.05) is 7.05 Å². The van der Waals surface area contributed by atoms with Crippen molar-refractivity contribution >= 4 is 11.9 Å². The van der Waals surface area contributed by atoms with Crippen LogP contribution in [-0.4, -0.2) is 29.9 Å². The largest absolute Gasteiger partial charge is 0.351 e. The molecule has 1 aromatic carbocycles. The number of imide groups is 1. The maximum Gasteiger partial charge on any atom is 0.318 e. The number of hydrogen-bond donors (Lipinski definition) is 2. The Hall–Kier alpha value is -1.88. The van der Waals surface area contributed by atoms with Gasteiger partial charge in [-0.2, -0.15) is 0 Å². The predicted octanol–water partition coefficient (Wildman–Crippen LogP) is 1.83. The van der Waals surface area contributed by atoms with Crippen molar-refractivity contribution < 1.29 is 9.59 Å². The number of primary amides is 1. The van der Waals surface area contributed by atoms with Crippen molar-refractivity contribution in [2.24, 2.45) is 5.73 Å². The predicted molar refractivity (Wildman–Crippen MR) is 79.2 cm³/mol. The highest BCUT2D eigenvalue weighted by atomic mass is 16.2. The first-order valence-electron chi connectivity index (χ1n) is 6.70. The Kier molecular flexibility index (Phi) is 5.70. The fourth-order valence-corrected chi connectivity index (χ4v) is 1.86. The normalized spacial score (nSPS) is 12.5. The van der Waals surface area contributed by atoms with Crippen LogP contribution in [0.3, 0.4) is 0 Å². The molecule has 0 unspecified atom stereocenters. The number of amides is 3. The molecule has 20 heavy (non-hydrogen) atoms. The van der Waals surface area contributed by atoms with Gasteiger partial charge >= 0.3 is 6.03 Å². The number of urea groups is 1. The van der Waals surface area contributed by atoms with Crippen LogP contribution in [0.15, 0.2) is 24.3 Å². The summed E-state index contributed by atoms with van der Waals surface area (Å²) >= 11 is 0. The average molecular weight is 277 g/mol. The third kappa shape index (κ3) is 4.66. The second kappa shape index (κ2) is 7.05. The summed E-state index contributed by atoms with van der Waals surface area (Å²) in [7, 11) is 1.83. The molecule has 0 bridgehead atoms. The van der Waals surface area contributed by atoms with Gasteiger partial charge in [0.25, 0.3) is 0 Å². The monoisotopic (exact) mass is 277 g/mol. The Labute approximate surface area is 120 Å². The molecule has 5 heteroatoms. The minimum absolute atomic E-state index is 0.390. The van der Waals surface area contributed by atoms with Gasteiger partial charge in [0.15, 0.2) is 0 Å². The Balaban J connectivity index is 2.63. The van der Waals surface area contributed by atoms with Gasteiger partial charge in [-0.25, -0.2) is 4.79 Å². The highest BCUT2D eigenvalue weighted by Gasteiger charge is 2.19. The molecule has 0 saturated heterocycles. The van der Waals surface area contributed by atoms with Gasteiger partial charge in [-0.3, -0.25) is 15.0 Å². The molecule has 0 aliphatic rings. The van der Waals surface area contributed by atoms with Gasteiger partial charge in [-0.1, -0.05) is 38.1 Å². The van der Waals surface area contributed by atoms with Crippen molar-refractivity contribution in [1.29, 1.82) is 0 Å². The van der Waals surface area contributed by atoms with E-state index in [1.54, 1.807) is 6.92 Å². The molecular formula is C15H23N3O2. The summed E-state index contributed by atoms with van der Waals surface area (Å²) in [4.78, 5) is 24.2. The first-order valence-corrected chi connectivity index (χ1v) is 6.70. The Morgan fingerprint density at radius 3 is 2.20 bits per heavy atom. The Bertz CT molecular complexity index is 469. The minimum Gasteiger partial charge on any atom is -0.351 e. The first-order chi connectivity index (χ1) is 9.31. The van der Waals surface area contributed by atoms with Gasteiger partial charge in [0, 0.05) is 6.54 Å². The topological polar surface area (TPSA) is 75.4 Å². The molecule has 1 rings (SSSR count). The van der Waals surface area contributed by atoms with E-state index >= 15 is 0 Å². The standard InChI is InChI=1S/C15H23N3O2/c1-10(2)13-7-5-12(6-8-13)9-18(4)11(3)14(19)17-15(16)20/h5-8,10-11H,9H2,1-4H3,(H3,16,17,19,20)/t11-/m1/s1. The molecule has 0 aromatic heterocycles. The van der Waals surface area contributed by atoms with Gasteiger partial charge in [-0.15, -0.1) is 0 Å². The van der Waals surface area contributed by atoms with E-state index in [4.69, 9.17) is 5.73 Å². The third-order valence-corrected chi connectivity index (χ3v) is 3.37. The highest BCUT2D eigenvalue weighted by molar-refractivity contribution is 5.96. The summed E-state index contributed by atoms with van der Waals surface area (Å²) in [5.41, 5.74) is 7.35. The molecule has 0 heterocycles. The molecule has 110 valence electrons. The molecule has 0 saturated carbocycles. The lowest BCUT2D eigenvalue weighted by Gasteiger charge is -2.23. The van der Waals surface area contributed by atoms with Crippen molar-refractivity contribution in [3.63, 3.8) is 0 Å². The van der Waals surface area contributed by atoms with Crippen LogP contribution >= 0.6 is 0 Å². The number of hydrogen-bond acceptors (Lipinski definition) is 3. The number of nitrogens with zero attached hydrogens (tertiary/aromatic N) is 1. The van der Waals surface area contributed by atoms with Crippen LogP contribution in [0.4, 0.5) is 4.79 Å². The lowest BCUT2D eigenvalue weighted by molar-refractivity contribution is -0.124. The molecule has 3 amide bonds. The van der Waals surface area contributed by atoms with Gasteiger partial charge in [0.1, 0.15) is 0 Å². The van der Waals surface area contributed by atoms with Crippen molar-refractivity contribution in [2.45, 2.75) is 39.3 Å². The number of carbonyl (C=O) groups is 2. The molecule has 0 aliphatic carbocycles. The second-order valence-electron chi connectivity index (χ2n) is 5.34. The third-order valence-electron chi connectivity index (χ3n) is 3.37. The molecule has 5 nitrogen and oxygen atoms in total. The fraction of sp³-hybridized carbons (Fsp3) is 0.467. The van der Waals surface area contributed by atoms with E-state index in [1.807, 2.05) is 11.9 Å². The molecule has 0 spiro atoms. The zero-order valence-electron chi connectivity index (χ0n) is 12.5. The lowest BCUT2D eigenvalue weighted by atomic mass is 10.0. The zero-order valence-corrected chi connectivity index (χ0v) is 12.5. The van der Waals surface area contributed by atoms with E-state index in [9.17, 15) is 9.59 Å². The van der Waals surface area contributed by atoms with Crippen LogP contribution < -0.4 is 11.1 Å². The van der Waals surface area contributed by atoms with Crippen LogP contribution in [0.1, 0.15) is 37.8 Å². The SMILES string of the molecule is CC(C)c1ccc(CN(C)[C@H](C)C(=O)NC(N)=O)cc1. The number of benzene rings is 1. The zero-order chi connectivity index (χ0) is 15.3. The lowest BCUT2D eigenvalue weighted by Crippen LogP contribution is -2.46. The van der Waals surface area contributed by atoms with Crippen LogP contribution in [0.2, 0.25) is 0 Å². The second-order valence-corrected chi connectivity index (χ2v) is 5.34. The molecular weight excluding hydrogens is 254 g/mol. The van der Waals surface area contributed by atoms with Gasteiger partial charge in [-0.05, 0) is 31.0 Å². The molecule has 1 atom stereocenters. The molecule has 3 N–H and O–H groups in total. The number of rotatable bonds is 5. The summed E-state index contributed by atoms with van der Waals surface area (Å²) in [6.45, 7) is 6.67. The maximum atomic E-state index is 11.7. The summed E-state index contributed by atoms with van der Waals surface area (Å²) < 4.78 is 0. The van der Waals surface area contributed by atoms with Crippen LogP contribution in [0, 0.1) is 0 Å². The van der Waals surface area contributed by atoms with Gasteiger partial charge in [0.05, 0.1) is 6.04 Å². The quantitative estimate of drug-likeness (QED) is 0.862. The number of carbonyl (C=O) groups excluding carboxylic acids is 2. The van der Waals surface area contributed by atoms with E-state index in [-0.39, 0.29) is 5.91 Å². The van der Waals surface area contributed by atoms with Crippen molar-refractivity contribution in [3.8, 4) is 0 Å². The first kappa shape index (κ1) is 16.2. The smallest absolute Gasteiger partial charge is 0.318 e. The number of likely N-dealkylation sites (N-methyl/N-ethyl adjacent to an activating group) is 1. The van der Waals surface area contributed by atoms with E-state index in [0.29, 0.717) is 12.5 Å². The van der Waals surface area contributed by atoms with Gasteiger partial charge < -0.3 is 5.73 Å². The van der Waals surface area contributed by atoms with Crippen LogP contribution in [0.25, 0.3) is 0 Å². The molecule has 0 fully saturated rings. The summed E-state index contributed by atoms with van der Waals surface area (Å²) in [6.07, 6.45) is 0. The van der Waals surface area contributed by atoms with Crippen molar-refractivity contribution in [1.82, 2.24) is 10.2 Å². The molecule has 1 aromatic rings. The van der Waals surface area contributed by atoms with Crippen LogP contribution in [0.5, 0.6) is 0 Å². The minimum atomic E-state index is -0.823. The van der Waals surface area contributed by atoms with Crippen molar-refractivity contribution in [3.05, 3.63) is 35.4 Å². The maximum absolute atomic E-state index is 11.7. The summed E-state index contributed by atoms with van der Waals surface area (Å²) in [6, 6.07) is 7.07. The fourth-order valence-electron chi connectivity index (χ4n) is 1.86. The number of nitrogens with two attached hydrogens (primary N) is 1. The molecule has 0 aliphatic heterocycles. The Morgan fingerprint density at radius 2 is 1.75 bits per heavy atom. The van der Waals surface area contributed by atoms with Crippen LogP contribution in [-0.2, 0) is 11.3 Å². The van der Waals surface area contributed by atoms with Gasteiger partial charge in [0.2, 0.25) is 5.91 Å². The van der Waals surface area contributed by atoms with E-state index in [1.165, 1.54) is 5.56 Å².